The largest absolute Gasteiger partial charge is 0.507 e. The van der Waals surface area contributed by atoms with Crippen LogP contribution < -0.4 is 5.32 Å². The van der Waals surface area contributed by atoms with E-state index in [0.29, 0.717) is 13.0 Å². The van der Waals surface area contributed by atoms with E-state index in [2.05, 4.69) is 26.2 Å². The summed E-state index contributed by atoms with van der Waals surface area (Å²) in [6, 6.07) is 4.77. The lowest BCUT2D eigenvalue weighted by atomic mass is 10.2. The molecule has 0 bridgehead atoms. The number of halogens is 1. The van der Waals surface area contributed by atoms with Gasteiger partial charge in [-0.15, -0.1) is 11.3 Å². The van der Waals surface area contributed by atoms with Crippen molar-refractivity contribution < 1.29 is 9.90 Å². The van der Waals surface area contributed by atoms with Crippen molar-refractivity contribution in [2.24, 2.45) is 0 Å². The first-order valence-corrected chi connectivity index (χ1v) is 7.41. The van der Waals surface area contributed by atoms with E-state index in [1.807, 2.05) is 12.3 Å². The van der Waals surface area contributed by atoms with Gasteiger partial charge in [-0.1, -0.05) is 15.9 Å². The van der Waals surface area contributed by atoms with Gasteiger partial charge >= 0.3 is 0 Å². The van der Waals surface area contributed by atoms with Gasteiger partial charge in [0.2, 0.25) is 0 Å². The number of phenols is 1. The molecule has 2 aromatic rings. The second kappa shape index (κ2) is 6.16. The molecule has 0 aliphatic rings. The Kier molecular flexibility index (Phi) is 4.55. The SMILES string of the molecule is Cc1nc(CCNC(=O)c2cc(Br)ccc2O)cs1. The summed E-state index contributed by atoms with van der Waals surface area (Å²) in [6.45, 7) is 2.44. The first kappa shape index (κ1) is 14.0. The summed E-state index contributed by atoms with van der Waals surface area (Å²) in [5.41, 5.74) is 1.24. The molecular formula is C13H13BrN2O2S. The summed E-state index contributed by atoms with van der Waals surface area (Å²) in [4.78, 5) is 16.2. The van der Waals surface area contributed by atoms with E-state index in [1.165, 1.54) is 6.07 Å². The van der Waals surface area contributed by atoms with Crippen molar-refractivity contribution in [2.75, 3.05) is 6.54 Å². The Morgan fingerprint density at radius 2 is 2.32 bits per heavy atom. The average molecular weight is 341 g/mol. The number of aromatic hydroxyl groups is 1. The monoisotopic (exact) mass is 340 g/mol. The molecule has 19 heavy (non-hydrogen) atoms. The second-order valence-electron chi connectivity index (χ2n) is 4.03. The van der Waals surface area contributed by atoms with Crippen molar-refractivity contribution in [3.8, 4) is 5.75 Å². The fourth-order valence-corrected chi connectivity index (χ4v) is 2.62. The minimum atomic E-state index is -0.286. The maximum absolute atomic E-state index is 11.9. The first-order valence-electron chi connectivity index (χ1n) is 5.74. The van der Waals surface area contributed by atoms with E-state index in [9.17, 15) is 9.90 Å². The fourth-order valence-electron chi connectivity index (χ4n) is 1.61. The maximum atomic E-state index is 11.9. The summed E-state index contributed by atoms with van der Waals surface area (Å²) < 4.78 is 0.755. The highest BCUT2D eigenvalue weighted by atomic mass is 79.9. The molecular weight excluding hydrogens is 328 g/mol. The van der Waals surface area contributed by atoms with Gasteiger partial charge in [0.1, 0.15) is 5.75 Å². The number of phenolic OH excluding ortho intramolecular Hbond substituents is 1. The quantitative estimate of drug-likeness (QED) is 0.899. The van der Waals surface area contributed by atoms with Crippen LogP contribution in [-0.4, -0.2) is 22.5 Å². The lowest BCUT2D eigenvalue weighted by molar-refractivity contribution is 0.0951. The number of aryl methyl sites for hydroxylation is 1. The Morgan fingerprint density at radius 3 is 3.00 bits per heavy atom. The van der Waals surface area contributed by atoms with Crippen molar-refractivity contribution in [2.45, 2.75) is 13.3 Å². The van der Waals surface area contributed by atoms with Crippen LogP contribution in [0.1, 0.15) is 21.1 Å². The number of carbonyl (C=O) groups excluding carboxylic acids is 1. The predicted molar refractivity (Wildman–Crippen MR) is 78.7 cm³/mol. The van der Waals surface area contributed by atoms with Crippen molar-refractivity contribution in [3.05, 3.63) is 44.3 Å². The smallest absolute Gasteiger partial charge is 0.255 e. The van der Waals surface area contributed by atoms with E-state index in [4.69, 9.17) is 0 Å². The highest BCUT2D eigenvalue weighted by Crippen LogP contribution is 2.21. The van der Waals surface area contributed by atoms with Gasteiger partial charge in [-0.25, -0.2) is 4.98 Å². The zero-order chi connectivity index (χ0) is 13.8. The van der Waals surface area contributed by atoms with Gasteiger partial charge in [-0.3, -0.25) is 4.79 Å². The van der Waals surface area contributed by atoms with Gasteiger partial charge in [0.15, 0.2) is 0 Å². The van der Waals surface area contributed by atoms with Crippen LogP contribution in [0, 0.1) is 6.92 Å². The zero-order valence-electron chi connectivity index (χ0n) is 10.3. The molecule has 1 heterocycles. The van der Waals surface area contributed by atoms with Crippen LogP contribution in [0.15, 0.2) is 28.1 Å². The fraction of sp³-hybridized carbons (Fsp3) is 0.231. The van der Waals surface area contributed by atoms with Crippen LogP contribution in [0.4, 0.5) is 0 Å². The van der Waals surface area contributed by atoms with E-state index >= 15 is 0 Å². The highest BCUT2D eigenvalue weighted by molar-refractivity contribution is 9.10. The van der Waals surface area contributed by atoms with Gasteiger partial charge in [-0.05, 0) is 25.1 Å². The third-order valence-electron chi connectivity index (χ3n) is 2.54. The van der Waals surface area contributed by atoms with Crippen LogP contribution in [-0.2, 0) is 6.42 Å². The van der Waals surface area contributed by atoms with E-state index < -0.39 is 0 Å². The van der Waals surface area contributed by atoms with Crippen molar-refractivity contribution >= 4 is 33.2 Å². The Hall–Kier alpha value is -1.40. The lowest BCUT2D eigenvalue weighted by Crippen LogP contribution is -2.25. The molecule has 0 aliphatic heterocycles. The van der Waals surface area contributed by atoms with E-state index in [1.54, 1.807) is 23.5 Å². The Bertz CT molecular complexity index is 598. The number of hydrogen-bond donors (Lipinski definition) is 2. The molecule has 0 saturated carbocycles. The molecule has 0 aliphatic carbocycles. The summed E-state index contributed by atoms with van der Waals surface area (Å²) >= 11 is 4.87. The Morgan fingerprint density at radius 1 is 1.53 bits per heavy atom. The molecule has 6 heteroatoms. The molecule has 1 amide bonds. The summed E-state index contributed by atoms with van der Waals surface area (Å²) in [5.74, 6) is -0.309. The standard InChI is InChI=1S/C13H13BrN2O2S/c1-8-16-10(7-19-8)4-5-15-13(18)11-6-9(14)2-3-12(11)17/h2-3,6-7,17H,4-5H2,1H3,(H,15,18). The third kappa shape index (κ3) is 3.78. The number of amides is 1. The molecule has 0 fully saturated rings. The minimum Gasteiger partial charge on any atom is -0.507 e. The van der Waals surface area contributed by atoms with E-state index in [0.717, 1.165) is 15.2 Å². The Balaban J connectivity index is 1.92. The molecule has 4 nitrogen and oxygen atoms in total. The van der Waals surface area contributed by atoms with Crippen LogP contribution >= 0.6 is 27.3 Å². The molecule has 0 unspecified atom stereocenters. The molecule has 100 valence electrons. The minimum absolute atomic E-state index is 0.0230. The highest BCUT2D eigenvalue weighted by Gasteiger charge is 2.11. The van der Waals surface area contributed by atoms with Gasteiger partial charge < -0.3 is 10.4 Å². The molecule has 0 radical (unpaired) electrons. The van der Waals surface area contributed by atoms with E-state index in [-0.39, 0.29) is 17.2 Å². The molecule has 1 aromatic carbocycles. The number of aromatic nitrogens is 1. The maximum Gasteiger partial charge on any atom is 0.255 e. The molecule has 0 atom stereocenters. The average Bonchev–Trinajstić information content (AvgIpc) is 2.78. The number of rotatable bonds is 4. The van der Waals surface area contributed by atoms with Crippen LogP contribution in [0.5, 0.6) is 5.75 Å². The number of hydrogen-bond acceptors (Lipinski definition) is 4. The van der Waals surface area contributed by atoms with Gasteiger partial charge in [0.25, 0.3) is 5.91 Å². The van der Waals surface area contributed by atoms with Crippen LogP contribution in [0.2, 0.25) is 0 Å². The van der Waals surface area contributed by atoms with Crippen molar-refractivity contribution in [1.29, 1.82) is 0 Å². The summed E-state index contributed by atoms with van der Waals surface area (Å²) in [5, 5.41) is 15.4. The predicted octanol–water partition coefficient (Wildman–Crippen LogP) is 2.89. The second-order valence-corrected chi connectivity index (χ2v) is 6.00. The molecule has 1 aromatic heterocycles. The lowest BCUT2D eigenvalue weighted by Gasteiger charge is -2.06. The Labute approximate surface area is 123 Å². The zero-order valence-corrected chi connectivity index (χ0v) is 12.7. The third-order valence-corrected chi connectivity index (χ3v) is 3.85. The molecule has 2 rings (SSSR count). The van der Waals surface area contributed by atoms with Crippen molar-refractivity contribution in [3.63, 3.8) is 0 Å². The van der Waals surface area contributed by atoms with Gasteiger partial charge in [-0.2, -0.15) is 0 Å². The number of nitrogens with one attached hydrogen (secondary N) is 1. The number of nitrogens with zero attached hydrogens (tertiary/aromatic N) is 1. The topological polar surface area (TPSA) is 62.2 Å². The summed E-state index contributed by atoms with van der Waals surface area (Å²) in [7, 11) is 0. The first-order chi connectivity index (χ1) is 9.06. The number of benzene rings is 1. The number of carbonyl (C=O) groups is 1. The molecule has 2 N–H and O–H groups in total. The van der Waals surface area contributed by atoms with Crippen LogP contribution in [0.25, 0.3) is 0 Å². The molecule has 0 saturated heterocycles. The van der Waals surface area contributed by atoms with Gasteiger partial charge in [0.05, 0.1) is 16.3 Å². The number of thiazole rings is 1. The molecule has 0 spiro atoms. The van der Waals surface area contributed by atoms with Crippen molar-refractivity contribution in [1.82, 2.24) is 10.3 Å². The summed E-state index contributed by atoms with van der Waals surface area (Å²) in [6.07, 6.45) is 0.685. The van der Waals surface area contributed by atoms with Crippen LogP contribution in [0.3, 0.4) is 0 Å². The van der Waals surface area contributed by atoms with Gasteiger partial charge in [0, 0.05) is 22.8 Å². The normalized spacial score (nSPS) is 10.4.